The van der Waals surface area contributed by atoms with Crippen LogP contribution in [0.2, 0.25) is 0 Å². The molecule has 0 rings (SSSR count). The van der Waals surface area contributed by atoms with Crippen LogP contribution in [-0.2, 0) is 19.2 Å². The van der Waals surface area contributed by atoms with Crippen LogP contribution in [0.3, 0.4) is 0 Å². The zero-order valence-corrected chi connectivity index (χ0v) is 9.94. The normalized spacial score (nSPS) is 5.89. The van der Waals surface area contributed by atoms with Gasteiger partial charge in [-0.2, -0.15) is 0 Å². The first kappa shape index (κ1) is 24.4. The standard InChI is InChI=1S/2C4H6O2.2CHNO/c2*1-3(2)4(5)6;2*2-1-3/h2*1H2,2H3,(H,5,6);2*2H. The molecule has 0 aliphatic carbocycles. The summed E-state index contributed by atoms with van der Waals surface area (Å²) in [6, 6.07) is 0. The molecule has 8 nitrogen and oxygen atoms in total. The average Bonchev–Trinajstić information content (AvgIpc) is 2.20. The van der Waals surface area contributed by atoms with Crippen molar-refractivity contribution in [3.63, 3.8) is 0 Å². The lowest BCUT2D eigenvalue weighted by molar-refractivity contribution is -0.133. The van der Waals surface area contributed by atoms with E-state index in [4.69, 9.17) is 30.6 Å². The van der Waals surface area contributed by atoms with Crippen LogP contribution in [0.1, 0.15) is 13.8 Å². The molecule has 0 aliphatic rings. The Hall–Kier alpha value is -2.82. The number of nitrogens with one attached hydrogen (secondary N) is 2. The fraction of sp³-hybridized carbons (Fsp3) is 0.200. The largest absolute Gasteiger partial charge is 0.478 e. The molecule has 4 N–H and O–H groups in total. The van der Waals surface area contributed by atoms with Gasteiger partial charge in [0.1, 0.15) is 0 Å². The molecule has 0 aromatic rings. The topological polar surface area (TPSA) is 156 Å². The zero-order valence-electron chi connectivity index (χ0n) is 9.94. The van der Waals surface area contributed by atoms with Crippen LogP contribution in [0.4, 0.5) is 0 Å². The van der Waals surface area contributed by atoms with E-state index in [1.54, 1.807) is 0 Å². The number of hydrogen-bond donors (Lipinski definition) is 4. The number of hydrogen-bond acceptors (Lipinski definition) is 6. The van der Waals surface area contributed by atoms with Crippen LogP contribution in [0.25, 0.3) is 0 Å². The number of carbonyl (C=O) groups is 2. The molecule has 8 heteroatoms. The molecule has 0 spiro atoms. The molecular weight excluding hydrogens is 244 g/mol. The van der Waals surface area contributed by atoms with Crippen molar-refractivity contribution in [2.75, 3.05) is 0 Å². The number of carbonyl (C=O) groups excluding carboxylic acids is 2. The van der Waals surface area contributed by atoms with Gasteiger partial charge in [0, 0.05) is 11.1 Å². The third-order valence-electron chi connectivity index (χ3n) is 0.730. The molecule has 0 bridgehead atoms. The first-order valence-electron chi connectivity index (χ1n) is 3.97. The average molecular weight is 258 g/mol. The summed E-state index contributed by atoms with van der Waals surface area (Å²) in [5.74, 6) is -1.87. The second-order valence-corrected chi connectivity index (χ2v) is 2.38. The summed E-state index contributed by atoms with van der Waals surface area (Å²) < 4.78 is 0. The highest BCUT2D eigenvalue weighted by Gasteiger charge is 1.90. The van der Waals surface area contributed by atoms with Crippen molar-refractivity contribution in [3.05, 3.63) is 24.3 Å². The van der Waals surface area contributed by atoms with Crippen LogP contribution in [-0.4, -0.2) is 34.3 Å². The van der Waals surface area contributed by atoms with E-state index in [0.29, 0.717) is 0 Å². The quantitative estimate of drug-likeness (QED) is 0.330. The third-order valence-corrected chi connectivity index (χ3v) is 0.730. The highest BCUT2D eigenvalue weighted by molar-refractivity contribution is 5.85. The van der Waals surface area contributed by atoms with Crippen LogP contribution in [0.15, 0.2) is 24.3 Å². The second kappa shape index (κ2) is 19.7. The molecule has 0 aliphatic heterocycles. The molecule has 0 aromatic carbocycles. The minimum absolute atomic E-state index is 0.176. The highest BCUT2D eigenvalue weighted by Crippen LogP contribution is 1.81. The van der Waals surface area contributed by atoms with Gasteiger partial charge in [0.15, 0.2) is 0 Å². The Morgan fingerprint density at radius 1 is 0.889 bits per heavy atom. The van der Waals surface area contributed by atoms with Gasteiger partial charge in [-0.05, 0) is 13.8 Å². The molecule has 0 unspecified atom stereocenters. The molecule has 0 amide bonds. The minimum Gasteiger partial charge on any atom is -0.478 e. The third kappa shape index (κ3) is 72.9. The van der Waals surface area contributed by atoms with E-state index in [9.17, 15) is 9.59 Å². The van der Waals surface area contributed by atoms with E-state index >= 15 is 0 Å². The van der Waals surface area contributed by atoms with Crippen molar-refractivity contribution in [2.45, 2.75) is 13.8 Å². The lowest BCUT2D eigenvalue weighted by Crippen LogP contribution is -1.92. The lowest BCUT2D eigenvalue weighted by atomic mass is 10.4. The van der Waals surface area contributed by atoms with Crippen molar-refractivity contribution in [1.29, 1.82) is 10.8 Å². The molecule has 0 saturated heterocycles. The van der Waals surface area contributed by atoms with E-state index in [1.165, 1.54) is 13.8 Å². The second-order valence-electron chi connectivity index (χ2n) is 2.38. The van der Waals surface area contributed by atoms with Crippen LogP contribution >= 0.6 is 0 Å². The van der Waals surface area contributed by atoms with E-state index in [0.717, 1.165) is 12.2 Å². The van der Waals surface area contributed by atoms with Gasteiger partial charge in [-0.1, -0.05) is 13.2 Å². The van der Waals surface area contributed by atoms with Crippen molar-refractivity contribution in [2.24, 2.45) is 0 Å². The smallest absolute Gasteiger partial charge is 0.330 e. The predicted molar refractivity (Wildman–Crippen MR) is 61.7 cm³/mol. The summed E-state index contributed by atoms with van der Waals surface area (Å²) >= 11 is 0. The first-order chi connectivity index (χ1) is 8.11. The van der Waals surface area contributed by atoms with Crippen molar-refractivity contribution in [3.8, 4) is 0 Å². The van der Waals surface area contributed by atoms with Crippen molar-refractivity contribution in [1.82, 2.24) is 0 Å². The molecule has 0 atom stereocenters. The first-order valence-corrected chi connectivity index (χ1v) is 3.97. The van der Waals surface area contributed by atoms with Gasteiger partial charge in [-0.25, -0.2) is 30.0 Å². The summed E-state index contributed by atoms with van der Waals surface area (Å²) in [6.45, 7) is 9.20. The van der Waals surface area contributed by atoms with Gasteiger partial charge >= 0.3 is 11.9 Å². The molecule has 0 fully saturated rings. The maximum atomic E-state index is 9.60. The number of aliphatic carboxylic acids is 2. The molecule has 18 heavy (non-hydrogen) atoms. The van der Waals surface area contributed by atoms with Gasteiger partial charge in [-0.3, -0.25) is 0 Å². The predicted octanol–water partition coefficient (Wildman–Crippen LogP) is 1.10. The van der Waals surface area contributed by atoms with Gasteiger partial charge < -0.3 is 10.2 Å². The van der Waals surface area contributed by atoms with E-state index in [-0.39, 0.29) is 11.1 Å². The van der Waals surface area contributed by atoms with E-state index in [2.05, 4.69) is 13.2 Å². The van der Waals surface area contributed by atoms with E-state index in [1.807, 2.05) is 0 Å². The van der Waals surface area contributed by atoms with Gasteiger partial charge in [-0.15, -0.1) is 0 Å². The Bertz CT molecular complexity index is 301. The Kier molecular flexibility index (Phi) is 26.7. The van der Waals surface area contributed by atoms with Gasteiger partial charge in [0.05, 0.1) is 0 Å². The SMILES string of the molecule is C=C(C)C(=O)O.C=C(C)C(=O)O.N=C=O.N=C=O. The number of carboxylic acid groups (broad SMARTS) is 2. The fourth-order valence-corrected chi connectivity index (χ4v) is 0. The minimum atomic E-state index is -0.935. The molecule has 100 valence electrons. The lowest BCUT2D eigenvalue weighted by Gasteiger charge is -1.79. The Labute approximate surface area is 103 Å². The Morgan fingerprint density at radius 2 is 0.944 bits per heavy atom. The zero-order chi connectivity index (χ0) is 15.7. The Balaban J connectivity index is -0.0000000770. The highest BCUT2D eigenvalue weighted by atomic mass is 16.4. The van der Waals surface area contributed by atoms with Crippen molar-refractivity contribution < 1.29 is 29.4 Å². The summed E-state index contributed by atoms with van der Waals surface area (Å²) in [5, 5.41) is 26.6. The van der Waals surface area contributed by atoms with Crippen LogP contribution < -0.4 is 0 Å². The molecular formula is C10H14N2O6. The monoisotopic (exact) mass is 258 g/mol. The maximum Gasteiger partial charge on any atom is 0.330 e. The summed E-state index contributed by atoms with van der Waals surface area (Å²) in [4.78, 5) is 35.9. The summed E-state index contributed by atoms with van der Waals surface area (Å²) in [7, 11) is 0. The molecule has 0 saturated carbocycles. The molecule has 0 heterocycles. The van der Waals surface area contributed by atoms with Crippen molar-refractivity contribution >= 4 is 24.1 Å². The number of carboxylic acids is 2. The summed E-state index contributed by atoms with van der Waals surface area (Å²) in [6.07, 6.45) is 1.50. The van der Waals surface area contributed by atoms with E-state index < -0.39 is 11.9 Å². The van der Waals surface area contributed by atoms with Gasteiger partial charge in [0.25, 0.3) is 0 Å². The Morgan fingerprint density at radius 3 is 0.944 bits per heavy atom. The number of rotatable bonds is 2. The molecule has 0 radical (unpaired) electrons. The fourth-order valence-electron chi connectivity index (χ4n) is 0. The molecule has 0 aromatic heterocycles. The van der Waals surface area contributed by atoms with Crippen LogP contribution in [0, 0.1) is 10.8 Å². The van der Waals surface area contributed by atoms with Crippen LogP contribution in [0.5, 0.6) is 0 Å². The summed E-state index contributed by atoms with van der Waals surface area (Å²) in [5.41, 5.74) is 0.352. The maximum absolute atomic E-state index is 9.60. The number of isocyanates is 2. The van der Waals surface area contributed by atoms with Gasteiger partial charge in [0.2, 0.25) is 12.2 Å².